The highest BCUT2D eigenvalue weighted by molar-refractivity contribution is 4.98. The van der Waals surface area contributed by atoms with Crippen molar-refractivity contribution in [1.82, 2.24) is 9.80 Å². The third-order valence-corrected chi connectivity index (χ3v) is 5.27. The zero-order valence-corrected chi connectivity index (χ0v) is 17.1. The monoisotopic (exact) mass is 336 g/mol. The van der Waals surface area contributed by atoms with Crippen molar-refractivity contribution in [1.29, 1.82) is 0 Å². The van der Waals surface area contributed by atoms with Crippen molar-refractivity contribution >= 4 is 0 Å². The van der Waals surface area contributed by atoms with E-state index in [1.807, 2.05) is 0 Å². The van der Waals surface area contributed by atoms with E-state index in [2.05, 4.69) is 49.9 Å². The van der Waals surface area contributed by atoms with Gasteiger partial charge in [-0.05, 0) is 18.8 Å². The summed E-state index contributed by atoms with van der Waals surface area (Å²) in [6.07, 6.45) is 22.0. The lowest BCUT2D eigenvalue weighted by Crippen LogP contribution is -2.43. The first-order chi connectivity index (χ1) is 11.7. The van der Waals surface area contributed by atoms with E-state index in [-0.39, 0.29) is 0 Å². The van der Waals surface area contributed by atoms with Crippen LogP contribution in [0, 0.1) is 5.92 Å². The van der Waals surface area contributed by atoms with Gasteiger partial charge in [0.2, 0.25) is 0 Å². The molecule has 0 saturated heterocycles. The normalized spacial score (nSPS) is 15.2. The minimum absolute atomic E-state index is 0.594. The van der Waals surface area contributed by atoms with Crippen LogP contribution in [0.25, 0.3) is 0 Å². The maximum absolute atomic E-state index is 2.60. The smallest absolute Gasteiger partial charge is 0.103 e. The van der Waals surface area contributed by atoms with Crippen molar-refractivity contribution in [3.05, 3.63) is 12.4 Å². The number of rotatable bonds is 15. The molecule has 2 nitrogen and oxygen atoms in total. The van der Waals surface area contributed by atoms with Gasteiger partial charge in [-0.25, -0.2) is 0 Å². The number of hydrogen-bond donors (Lipinski definition) is 0. The fourth-order valence-corrected chi connectivity index (χ4v) is 3.87. The lowest BCUT2D eigenvalue weighted by Gasteiger charge is -2.36. The molecule has 0 N–H and O–H groups in total. The summed E-state index contributed by atoms with van der Waals surface area (Å²) < 4.78 is 0. The van der Waals surface area contributed by atoms with Gasteiger partial charge in [0.05, 0.1) is 0 Å². The molecule has 142 valence electrons. The molecule has 1 aliphatic heterocycles. The minimum atomic E-state index is 0.594. The van der Waals surface area contributed by atoms with Crippen LogP contribution in [-0.2, 0) is 0 Å². The average Bonchev–Trinajstić information content (AvgIpc) is 2.97. The summed E-state index contributed by atoms with van der Waals surface area (Å²) in [5, 5.41) is 0. The molecular formula is C22H44N2. The van der Waals surface area contributed by atoms with E-state index in [0.29, 0.717) is 12.1 Å². The van der Waals surface area contributed by atoms with Crippen molar-refractivity contribution in [2.24, 2.45) is 5.92 Å². The lowest BCUT2D eigenvalue weighted by molar-refractivity contribution is 0.104. The SMILES string of the molecule is CCCCCCCCN1C=CN(CCCCCCCC)C1C(C)C. The van der Waals surface area contributed by atoms with Crippen LogP contribution in [0.1, 0.15) is 105 Å². The third kappa shape index (κ3) is 8.44. The minimum Gasteiger partial charge on any atom is -0.356 e. The molecule has 0 spiro atoms. The summed E-state index contributed by atoms with van der Waals surface area (Å²) in [5.41, 5.74) is 0. The molecule has 1 heterocycles. The molecule has 24 heavy (non-hydrogen) atoms. The molecule has 0 saturated carbocycles. The van der Waals surface area contributed by atoms with Crippen molar-refractivity contribution in [3.63, 3.8) is 0 Å². The number of nitrogens with zero attached hydrogens (tertiary/aromatic N) is 2. The molecule has 1 rings (SSSR count). The van der Waals surface area contributed by atoms with Gasteiger partial charge in [0.25, 0.3) is 0 Å². The summed E-state index contributed by atoms with van der Waals surface area (Å²) in [4.78, 5) is 5.20. The highest BCUT2D eigenvalue weighted by Gasteiger charge is 2.27. The zero-order chi connectivity index (χ0) is 17.6. The van der Waals surface area contributed by atoms with Gasteiger partial charge in [-0.2, -0.15) is 0 Å². The summed E-state index contributed by atoms with van der Waals surface area (Å²) in [6.45, 7) is 11.8. The Morgan fingerprint density at radius 1 is 0.625 bits per heavy atom. The molecule has 0 unspecified atom stereocenters. The standard InChI is InChI=1S/C22H44N2/c1-5-7-9-11-13-15-17-23-19-20-24(22(23)21(3)4)18-16-14-12-10-8-6-2/h19-22H,5-18H2,1-4H3. The van der Waals surface area contributed by atoms with Crippen LogP contribution in [-0.4, -0.2) is 29.1 Å². The third-order valence-electron chi connectivity index (χ3n) is 5.27. The summed E-state index contributed by atoms with van der Waals surface area (Å²) >= 11 is 0. The van der Waals surface area contributed by atoms with Crippen molar-refractivity contribution in [3.8, 4) is 0 Å². The Labute approximate surface area is 152 Å². The van der Waals surface area contributed by atoms with Crippen molar-refractivity contribution in [2.45, 2.75) is 111 Å². The van der Waals surface area contributed by atoms with Crippen LogP contribution in [0.5, 0.6) is 0 Å². The Morgan fingerprint density at radius 2 is 1.00 bits per heavy atom. The molecule has 0 aromatic carbocycles. The largest absolute Gasteiger partial charge is 0.356 e. The Kier molecular flexibility index (Phi) is 12.1. The molecule has 0 aromatic heterocycles. The zero-order valence-electron chi connectivity index (χ0n) is 17.1. The van der Waals surface area contributed by atoms with Gasteiger partial charge >= 0.3 is 0 Å². The van der Waals surface area contributed by atoms with Gasteiger partial charge in [-0.15, -0.1) is 0 Å². The second kappa shape index (κ2) is 13.6. The predicted molar refractivity (Wildman–Crippen MR) is 108 cm³/mol. The fraction of sp³-hybridized carbons (Fsp3) is 0.909. The maximum Gasteiger partial charge on any atom is 0.103 e. The van der Waals surface area contributed by atoms with Crippen LogP contribution in [0.3, 0.4) is 0 Å². The quantitative estimate of drug-likeness (QED) is 0.304. The van der Waals surface area contributed by atoms with Gasteiger partial charge in [-0.1, -0.05) is 91.9 Å². The first kappa shape index (κ1) is 21.4. The van der Waals surface area contributed by atoms with Gasteiger partial charge in [0, 0.05) is 25.5 Å². The van der Waals surface area contributed by atoms with Crippen molar-refractivity contribution in [2.75, 3.05) is 13.1 Å². The Morgan fingerprint density at radius 3 is 1.38 bits per heavy atom. The molecule has 0 bridgehead atoms. The van der Waals surface area contributed by atoms with E-state index >= 15 is 0 Å². The topological polar surface area (TPSA) is 6.48 Å². The molecular weight excluding hydrogens is 292 g/mol. The Balaban J connectivity index is 2.22. The van der Waals surface area contributed by atoms with Crippen LogP contribution >= 0.6 is 0 Å². The molecule has 0 atom stereocenters. The van der Waals surface area contributed by atoms with Crippen molar-refractivity contribution < 1.29 is 0 Å². The van der Waals surface area contributed by atoms with Gasteiger partial charge in [0.1, 0.15) is 6.17 Å². The van der Waals surface area contributed by atoms with E-state index in [1.54, 1.807) is 0 Å². The lowest BCUT2D eigenvalue weighted by atomic mass is 10.1. The van der Waals surface area contributed by atoms with Crippen LogP contribution < -0.4 is 0 Å². The number of hydrogen-bond acceptors (Lipinski definition) is 2. The first-order valence-electron chi connectivity index (χ1n) is 10.9. The Bertz CT molecular complexity index is 285. The van der Waals surface area contributed by atoms with E-state index in [1.165, 1.54) is 90.1 Å². The molecule has 2 heteroatoms. The van der Waals surface area contributed by atoms with Crippen LogP contribution in [0.15, 0.2) is 12.4 Å². The summed E-state index contributed by atoms with van der Waals surface area (Å²) in [5.74, 6) is 0.695. The summed E-state index contributed by atoms with van der Waals surface area (Å²) in [7, 11) is 0. The first-order valence-corrected chi connectivity index (χ1v) is 10.9. The van der Waals surface area contributed by atoms with E-state index in [0.717, 1.165) is 0 Å². The predicted octanol–water partition coefficient (Wildman–Crippen LogP) is 6.78. The average molecular weight is 337 g/mol. The van der Waals surface area contributed by atoms with E-state index in [4.69, 9.17) is 0 Å². The molecule has 0 fully saturated rings. The highest BCUT2D eigenvalue weighted by atomic mass is 15.4. The second-order valence-electron chi connectivity index (χ2n) is 7.97. The molecule has 0 radical (unpaired) electrons. The van der Waals surface area contributed by atoms with Gasteiger partial charge < -0.3 is 9.80 Å². The number of unbranched alkanes of at least 4 members (excludes halogenated alkanes) is 10. The van der Waals surface area contributed by atoms with E-state index in [9.17, 15) is 0 Å². The Hall–Kier alpha value is -0.660. The highest BCUT2D eigenvalue weighted by Crippen LogP contribution is 2.24. The summed E-state index contributed by atoms with van der Waals surface area (Å²) in [6, 6.07) is 0. The van der Waals surface area contributed by atoms with Gasteiger partial charge in [-0.3, -0.25) is 0 Å². The molecule has 1 aliphatic rings. The van der Waals surface area contributed by atoms with Crippen LogP contribution in [0.2, 0.25) is 0 Å². The second-order valence-corrected chi connectivity index (χ2v) is 7.97. The van der Waals surface area contributed by atoms with Gasteiger partial charge in [0.15, 0.2) is 0 Å². The molecule has 0 amide bonds. The van der Waals surface area contributed by atoms with Crippen LogP contribution in [0.4, 0.5) is 0 Å². The van der Waals surface area contributed by atoms with E-state index < -0.39 is 0 Å². The molecule has 0 aromatic rings. The fourth-order valence-electron chi connectivity index (χ4n) is 3.87. The maximum atomic E-state index is 2.60. The molecule has 0 aliphatic carbocycles.